The first-order chi connectivity index (χ1) is 17.0. The Bertz CT molecular complexity index is 1080. The zero-order chi connectivity index (χ0) is 24.9. The summed E-state index contributed by atoms with van der Waals surface area (Å²) in [6.45, 7) is -0.618. The highest BCUT2D eigenvalue weighted by Gasteiger charge is 2.28. The number of aliphatic hydroxyl groups excluding tert-OH is 1. The van der Waals surface area contributed by atoms with Crippen LogP contribution in [0.3, 0.4) is 0 Å². The van der Waals surface area contributed by atoms with E-state index in [1.807, 2.05) is 78.9 Å². The van der Waals surface area contributed by atoms with Crippen molar-refractivity contribution in [3.63, 3.8) is 0 Å². The van der Waals surface area contributed by atoms with Crippen molar-refractivity contribution in [3.8, 4) is 0 Å². The monoisotopic (exact) mass is 476 g/mol. The van der Waals surface area contributed by atoms with Crippen LogP contribution >= 0.6 is 0 Å². The van der Waals surface area contributed by atoms with Crippen molar-refractivity contribution in [2.45, 2.75) is 31.7 Å². The third kappa shape index (κ3) is 8.60. The fraction of sp³-hybridized carbons (Fsp3) is 0.222. The van der Waals surface area contributed by atoms with Crippen LogP contribution in [0, 0.1) is 0 Å². The van der Waals surface area contributed by atoms with Crippen molar-refractivity contribution in [1.82, 2.24) is 10.6 Å². The molecule has 0 aromatic heterocycles. The molecular formula is C27H28N2O6. The Morgan fingerprint density at radius 1 is 0.657 bits per heavy atom. The van der Waals surface area contributed by atoms with E-state index in [0.717, 1.165) is 16.7 Å². The number of hydrogen-bond acceptors (Lipinski definition) is 6. The van der Waals surface area contributed by atoms with Crippen molar-refractivity contribution < 1.29 is 29.0 Å². The first-order valence-corrected chi connectivity index (χ1v) is 11.2. The maximum Gasteiger partial charge on any atom is 0.408 e. The lowest BCUT2D eigenvalue weighted by molar-refractivity contribution is -0.149. The van der Waals surface area contributed by atoms with Crippen LogP contribution in [-0.4, -0.2) is 41.8 Å². The lowest BCUT2D eigenvalue weighted by atomic mass is 10.1. The average Bonchev–Trinajstić information content (AvgIpc) is 2.90. The number of rotatable bonds is 11. The summed E-state index contributed by atoms with van der Waals surface area (Å²) in [5.74, 6) is -1.36. The van der Waals surface area contributed by atoms with Gasteiger partial charge in [-0.05, 0) is 16.7 Å². The van der Waals surface area contributed by atoms with Crippen LogP contribution in [0.4, 0.5) is 4.79 Å². The molecule has 0 bridgehead atoms. The molecule has 3 aromatic rings. The van der Waals surface area contributed by atoms with Crippen molar-refractivity contribution in [3.05, 3.63) is 108 Å². The van der Waals surface area contributed by atoms with Crippen molar-refractivity contribution in [2.24, 2.45) is 0 Å². The smallest absolute Gasteiger partial charge is 0.408 e. The molecule has 0 heterocycles. The summed E-state index contributed by atoms with van der Waals surface area (Å²) in [6, 6.07) is 25.0. The number of hydrogen-bond donors (Lipinski definition) is 3. The normalized spacial score (nSPS) is 12.1. The van der Waals surface area contributed by atoms with Crippen LogP contribution in [0.5, 0.6) is 0 Å². The number of nitrogens with one attached hydrogen (secondary N) is 2. The van der Waals surface area contributed by atoms with Gasteiger partial charge < -0.3 is 25.2 Å². The zero-order valence-corrected chi connectivity index (χ0v) is 19.1. The summed E-state index contributed by atoms with van der Waals surface area (Å²) in [4.78, 5) is 37.8. The van der Waals surface area contributed by atoms with Gasteiger partial charge in [-0.25, -0.2) is 9.59 Å². The highest BCUT2D eigenvalue weighted by molar-refractivity contribution is 5.89. The average molecular weight is 477 g/mol. The Kier molecular flexibility index (Phi) is 9.83. The minimum atomic E-state index is -1.31. The predicted molar refractivity (Wildman–Crippen MR) is 129 cm³/mol. The van der Waals surface area contributed by atoms with Crippen LogP contribution in [0.1, 0.15) is 16.7 Å². The molecule has 35 heavy (non-hydrogen) atoms. The molecule has 8 heteroatoms. The lowest BCUT2D eigenvalue weighted by Crippen LogP contribution is -2.54. The highest BCUT2D eigenvalue weighted by Crippen LogP contribution is 2.08. The molecule has 0 unspecified atom stereocenters. The number of amides is 2. The number of ether oxygens (including phenoxy) is 2. The molecule has 3 rings (SSSR count). The highest BCUT2D eigenvalue weighted by atomic mass is 16.5. The van der Waals surface area contributed by atoms with Gasteiger partial charge in [0.15, 0.2) is 0 Å². The van der Waals surface area contributed by atoms with Crippen LogP contribution in [-0.2, 0) is 38.7 Å². The maximum atomic E-state index is 12.8. The summed E-state index contributed by atoms with van der Waals surface area (Å²) < 4.78 is 10.5. The molecule has 3 N–H and O–H groups in total. The first kappa shape index (κ1) is 25.5. The van der Waals surface area contributed by atoms with Crippen molar-refractivity contribution in [2.75, 3.05) is 6.61 Å². The molecule has 0 fully saturated rings. The molecular weight excluding hydrogens is 448 g/mol. The molecule has 2 amide bonds. The van der Waals surface area contributed by atoms with Gasteiger partial charge in [-0.1, -0.05) is 91.0 Å². The largest absolute Gasteiger partial charge is 0.459 e. The molecule has 182 valence electrons. The zero-order valence-electron chi connectivity index (χ0n) is 19.1. The Morgan fingerprint density at radius 2 is 1.14 bits per heavy atom. The Hall–Kier alpha value is -4.17. The summed E-state index contributed by atoms with van der Waals surface area (Å²) in [5, 5.41) is 14.6. The van der Waals surface area contributed by atoms with Crippen molar-refractivity contribution >= 4 is 18.0 Å². The third-order valence-corrected chi connectivity index (χ3v) is 5.11. The molecule has 0 aliphatic rings. The topological polar surface area (TPSA) is 114 Å². The van der Waals surface area contributed by atoms with Gasteiger partial charge in [-0.15, -0.1) is 0 Å². The minimum absolute atomic E-state index is 0.00881. The van der Waals surface area contributed by atoms with Gasteiger partial charge in [0.2, 0.25) is 5.91 Å². The molecule has 0 radical (unpaired) electrons. The van der Waals surface area contributed by atoms with E-state index in [4.69, 9.17) is 9.47 Å². The van der Waals surface area contributed by atoms with Crippen LogP contribution in [0.2, 0.25) is 0 Å². The second-order valence-corrected chi connectivity index (χ2v) is 7.79. The van der Waals surface area contributed by atoms with E-state index in [1.165, 1.54) is 0 Å². The Labute approximate surface area is 203 Å². The van der Waals surface area contributed by atoms with Gasteiger partial charge >= 0.3 is 12.1 Å². The lowest BCUT2D eigenvalue weighted by Gasteiger charge is -2.21. The third-order valence-electron chi connectivity index (χ3n) is 5.11. The second-order valence-electron chi connectivity index (χ2n) is 7.79. The van der Waals surface area contributed by atoms with E-state index in [9.17, 15) is 19.5 Å². The Balaban J connectivity index is 1.60. The number of carbonyl (C=O) groups excluding carboxylic acids is 3. The summed E-state index contributed by atoms with van der Waals surface area (Å²) >= 11 is 0. The number of benzene rings is 3. The predicted octanol–water partition coefficient (Wildman–Crippen LogP) is 2.74. The fourth-order valence-electron chi connectivity index (χ4n) is 3.25. The molecule has 0 saturated carbocycles. The van der Waals surface area contributed by atoms with E-state index < -0.39 is 36.7 Å². The maximum absolute atomic E-state index is 12.8. The molecule has 0 aliphatic carbocycles. The summed E-state index contributed by atoms with van der Waals surface area (Å²) in [6.07, 6.45) is -0.689. The number of esters is 1. The van der Waals surface area contributed by atoms with Crippen molar-refractivity contribution in [1.29, 1.82) is 0 Å². The molecule has 0 spiro atoms. The van der Waals surface area contributed by atoms with E-state index >= 15 is 0 Å². The molecule has 2 atom stereocenters. The van der Waals surface area contributed by atoms with Gasteiger partial charge in [0, 0.05) is 6.42 Å². The molecule has 0 aliphatic heterocycles. The minimum Gasteiger partial charge on any atom is -0.459 e. The van der Waals surface area contributed by atoms with Gasteiger partial charge in [-0.3, -0.25) is 4.79 Å². The number of aliphatic hydroxyl groups is 1. The van der Waals surface area contributed by atoms with E-state index in [-0.39, 0.29) is 19.6 Å². The molecule has 3 aromatic carbocycles. The van der Waals surface area contributed by atoms with Gasteiger partial charge in [0.05, 0.1) is 6.61 Å². The van der Waals surface area contributed by atoms with E-state index in [0.29, 0.717) is 0 Å². The quantitative estimate of drug-likeness (QED) is 0.367. The molecule has 8 nitrogen and oxygen atoms in total. The summed E-state index contributed by atoms with van der Waals surface area (Å²) in [7, 11) is 0. The van der Waals surface area contributed by atoms with E-state index in [1.54, 1.807) is 12.1 Å². The van der Waals surface area contributed by atoms with Crippen LogP contribution < -0.4 is 10.6 Å². The van der Waals surface area contributed by atoms with Crippen LogP contribution in [0.25, 0.3) is 0 Å². The van der Waals surface area contributed by atoms with E-state index in [2.05, 4.69) is 10.6 Å². The second kappa shape index (κ2) is 13.5. The van der Waals surface area contributed by atoms with Gasteiger partial charge in [0.25, 0.3) is 0 Å². The standard InChI is InChI=1S/C27H28N2O6/c30-17-24(29-27(33)35-19-22-14-8-3-9-15-22)25(31)28-23(16-20-10-4-1-5-11-20)26(32)34-18-21-12-6-2-7-13-21/h1-15,23-24,30H,16-19H2,(H,28,31)(H,29,33)/t23-,24+/m1/s1. The van der Waals surface area contributed by atoms with Crippen LogP contribution in [0.15, 0.2) is 91.0 Å². The molecule has 0 saturated heterocycles. The number of alkyl carbamates (subject to hydrolysis) is 1. The fourth-order valence-corrected chi connectivity index (χ4v) is 3.25. The number of carbonyl (C=O) groups is 3. The first-order valence-electron chi connectivity index (χ1n) is 11.2. The SMILES string of the molecule is O=C(N[C@@H](CO)C(=O)N[C@H](Cc1ccccc1)C(=O)OCc1ccccc1)OCc1ccccc1. The van der Waals surface area contributed by atoms with Gasteiger partial charge in [-0.2, -0.15) is 0 Å². The van der Waals surface area contributed by atoms with Gasteiger partial charge in [0.1, 0.15) is 25.3 Å². The Morgan fingerprint density at radius 3 is 1.66 bits per heavy atom. The summed E-state index contributed by atoms with van der Waals surface area (Å²) in [5.41, 5.74) is 2.39.